The fraction of sp³-hybridized carbons (Fsp3) is 0.304. The van der Waals surface area contributed by atoms with Crippen LogP contribution in [0, 0.1) is 26.6 Å². The Kier molecular flexibility index (Phi) is 7.68. The van der Waals surface area contributed by atoms with Crippen molar-refractivity contribution in [2.75, 3.05) is 31.8 Å². The van der Waals surface area contributed by atoms with Gasteiger partial charge in [-0.15, -0.1) is 11.3 Å². The maximum absolute atomic E-state index is 13.6. The molecule has 0 aliphatic carbocycles. The number of hydrogen-bond acceptors (Lipinski definition) is 6. The number of aromatic nitrogens is 2. The Labute approximate surface area is 206 Å². The number of hydrogen-bond donors (Lipinski definition) is 2. The second-order valence-electron chi connectivity index (χ2n) is 7.86. The number of carbonyl (C=O) groups excluding carboxylic acids is 2. The molecule has 0 spiro atoms. The van der Waals surface area contributed by atoms with Crippen molar-refractivity contribution < 1.29 is 18.7 Å². The molecule has 3 rings (SSSR count). The van der Waals surface area contributed by atoms with E-state index in [1.807, 2.05) is 19.9 Å². The summed E-state index contributed by atoms with van der Waals surface area (Å²) in [5.41, 5.74) is 3.79. The standard InChI is InChI=1S/C23H26FN5O3S2/c1-12-17(22(31)32-6)20(34-19(12)21(30)28(4)5)26-23(33)25-18-13(2)27-29(14(18)3)11-15-8-7-9-16(24)10-15/h7-10H,11H2,1-6H3,(H2,25,26,33). The number of halogens is 1. The van der Waals surface area contributed by atoms with E-state index in [-0.39, 0.29) is 22.4 Å². The monoisotopic (exact) mass is 503 g/mol. The Hall–Kier alpha value is -3.31. The van der Waals surface area contributed by atoms with Crippen LogP contribution in [-0.4, -0.2) is 52.9 Å². The number of anilines is 2. The average molecular weight is 504 g/mol. The van der Waals surface area contributed by atoms with Gasteiger partial charge in [0.1, 0.15) is 10.8 Å². The Morgan fingerprint density at radius 2 is 1.94 bits per heavy atom. The topological polar surface area (TPSA) is 88.5 Å². The molecule has 0 bridgehead atoms. The van der Waals surface area contributed by atoms with E-state index in [2.05, 4.69) is 15.7 Å². The predicted molar refractivity (Wildman–Crippen MR) is 135 cm³/mol. The van der Waals surface area contributed by atoms with Crippen LogP contribution in [0.3, 0.4) is 0 Å². The first-order chi connectivity index (χ1) is 16.0. The summed E-state index contributed by atoms with van der Waals surface area (Å²) in [6, 6.07) is 6.36. The number of esters is 1. The summed E-state index contributed by atoms with van der Waals surface area (Å²) >= 11 is 6.63. The van der Waals surface area contributed by atoms with E-state index in [0.717, 1.165) is 22.6 Å². The van der Waals surface area contributed by atoms with Gasteiger partial charge in [-0.25, -0.2) is 9.18 Å². The van der Waals surface area contributed by atoms with Crippen LogP contribution >= 0.6 is 23.6 Å². The van der Waals surface area contributed by atoms with Crippen molar-refractivity contribution in [1.29, 1.82) is 0 Å². The number of rotatable bonds is 6. The molecule has 34 heavy (non-hydrogen) atoms. The number of nitrogens with one attached hydrogen (secondary N) is 2. The lowest BCUT2D eigenvalue weighted by Gasteiger charge is -2.11. The van der Waals surface area contributed by atoms with Gasteiger partial charge in [-0.05, 0) is 56.2 Å². The minimum absolute atomic E-state index is 0.218. The van der Waals surface area contributed by atoms with E-state index in [1.54, 1.807) is 31.8 Å². The number of thiophene rings is 1. The lowest BCUT2D eigenvalue weighted by atomic mass is 10.1. The van der Waals surface area contributed by atoms with Gasteiger partial charge in [0.15, 0.2) is 5.11 Å². The van der Waals surface area contributed by atoms with Crippen LogP contribution in [0.4, 0.5) is 15.1 Å². The lowest BCUT2D eigenvalue weighted by Crippen LogP contribution is -2.21. The minimum Gasteiger partial charge on any atom is -0.465 e. The van der Waals surface area contributed by atoms with E-state index < -0.39 is 5.97 Å². The van der Waals surface area contributed by atoms with Crippen molar-refractivity contribution in [2.24, 2.45) is 0 Å². The molecule has 0 atom stereocenters. The van der Waals surface area contributed by atoms with Crippen LogP contribution in [0.2, 0.25) is 0 Å². The molecule has 1 aromatic carbocycles. The van der Waals surface area contributed by atoms with E-state index in [9.17, 15) is 14.0 Å². The fourth-order valence-corrected chi connectivity index (χ4v) is 4.93. The van der Waals surface area contributed by atoms with E-state index in [1.165, 1.54) is 24.1 Å². The summed E-state index contributed by atoms with van der Waals surface area (Å²) in [4.78, 5) is 26.8. The molecule has 8 nitrogen and oxygen atoms in total. The molecule has 2 N–H and O–H groups in total. The number of benzene rings is 1. The average Bonchev–Trinajstić information content (AvgIpc) is 3.23. The number of ether oxygens (including phenoxy) is 1. The molecule has 2 aromatic heterocycles. The first-order valence-electron chi connectivity index (χ1n) is 10.3. The maximum atomic E-state index is 13.6. The summed E-state index contributed by atoms with van der Waals surface area (Å²) in [7, 11) is 4.57. The SMILES string of the molecule is COC(=O)c1c(NC(=S)Nc2c(C)nn(Cc3cccc(F)c3)c2C)sc(C(=O)N(C)C)c1C. The summed E-state index contributed by atoms with van der Waals surface area (Å²) in [5, 5.41) is 11.3. The van der Waals surface area contributed by atoms with Crippen molar-refractivity contribution in [2.45, 2.75) is 27.3 Å². The minimum atomic E-state index is -0.563. The Balaban J connectivity index is 1.85. The molecular weight excluding hydrogens is 477 g/mol. The number of amides is 1. The summed E-state index contributed by atoms with van der Waals surface area (Å²) in [6.07, 6.45) is 0. The highest BCUT2D eigenvalue weighted by Gasteiger charge is 2.27. The largest absolute Gasteiger partial charge is 0.465 e. The Morgan fingerprint density at radius 1 is 1.24 bits per heavy atom. The second-order valence-corrected chi connectivity index (χ2v) is 9.29. The van der Waals surface area contributed by atoms with Crippen molar-refractivity contribution in [1.82, 2.24) is 14.7 Å². The van der Waals surface area contributed by atoms with Crippen LogP contribution in [0.5, 0.6) is 0 Å². The Bertz CT molecular complexity index is 1270. The number of thiocarbonyl (C=S) groups is 1. The van der Waals surface area contributed by atoms with Gasteiger partial charge >= 0.3 is 5.97 Å². The van der Waals surface area contributed by atoms with Crippen molar-refractivity contribution in [3.63, 3.8) is 0 Å². The maximum Gasteiger partial charge on any atom is 0.341 e. The van der Waals surface area contributed by atoms with E-state index >= 15 is 0 Å². The van der Waals surface area contributed by atoms with Crippen LogP contribution in [0.15, 0.2) is 24.3 Å². The first-order valence-corrected chi connectivity index (χ1v) is 11.6. The van der Waals surface area contributed by atoms with Crippen LogP contribution in [-0.2, 0) is 11.3 Å². The second kappa shape index (κ2) is 10.3. The highest BCUT2D eigenvalue weighted by atomic mass is 32.1. The molecule has 3 aromatic rings. The fourth-order valence-electron chi connectivity index (χ4n) is 3.44. The van der Waals surface area contributed by atoms with Gasteiger partial charge in [-0.1, -0.05) is 12.1 Å². The highest BCUT2D eigenvalue weighted by Crippen LogP contribution is 2.34. The molecule has 11 heteroatoms. The van der Waals surface area contributed by atoms with Gasteiger partial charge in [0.25, 0.3) is 5.91 Å². The molecule has 0 saturated heterocycles. The Morgan fingerprint density at radius 3 is 2.56 bits per heavy atom. The third kappa shape index (κ3) is 5.26. The van der Waals surface area contributed by atoms with Gasteiger partial charge in [-0.3, -0.25) is 9.48 Å². The molecule has 0 saturated carbocycles. The summed E-state index contributed by atoms with van der Waals surface area (Å²) in [6.45, 7) is 5.82. The first kappa shape index (κ1) is 25.3. The van der Waals surface area contributed by atoms with Crippen molar-refractivity contribution in [3.05, 3.63) is 63.0 Å². The normalized spacial score (nSPS) is 10.7. The third-order valence-electron chi connectivity index (χ3n) is 5.21. The van der Waals surface area contributed by atoms with Crippen LogP contribution in [0.25, 0.3) is 0 Å². The highest BCUT2D eigenvalue weighted by molar-refractivity contribution is 7.80. The smallest absolute Gasteiger partial charge is 0.341 e. The van der Waals surface area contributed by atoms with Crippen molar-refractivity contribution >= 4 is 51.2 Å². The number of nitrogens with zero attached hydrogens (tertiary/aromatic N) is 3. The number of methoxy groups -OCH3 is 1. The van der Waals surface area contributed by atoms with Gasteiger partial charge in [0.05, 0.1) is 41.2 Å². The predicted octanol–water partition coefficient (Wildman–Crippen LogP) is 4.35. The zero-order chi connectivity index (χ0) is 25.2. The van der Waals surface area contributed by atoms with E-state index in [4.69, 9.17) is 17.0 Å². The molecule has 180 valence electrons. The van der Waals surface area contributed by atoms with Crippen LogP contribution in [0.1, 0.15) is 42.5 Å². The molecular formula is C23H26FN5O3S2. The molecule has 2 heterocycles. The van der Waals surface area contributed by atoms with Crippen LogP contribution < -0.4 is 10.6 Å². The molecule has 0 aliphatic rings. The molecule has 1 amide bonds. The lowest BCUT2D eigenvalue weighted by molar-refractivity contribution is 0.0601. The van der Waals surface area contributed by atoms with Gasteiger partial charge in [0.2, 0.25) is 0 Å². The summed E-state index contributed by atoms with van der Waals surface area (Å²) in [5.74, 6) is -1.08. The third-order valence-corrected chi connectivity index (χ3v) is 6.60. The quantitative estimate of drug-likeness (QED) is 0.382. The molecule has 0 unspecified atom stereocenters. The van der Waals surface area contributed by atoms with Gasteiger partial charge < -0.3 is 20.3 Å². The molecule has 0 aliphatic heterocycles. The zero-order valence-corrected chi connectivity index (χ0v) is 21.4. The van der Waals surface area contributed by atoms with E-state index in [0.29, 0.717) is 33.4 Å². The molecule has 0 fully saturated rings. The summed E-state index contributed by atoms with van der Waals surface area (Å²) < 4.78 is 20.2. The zero-order valence-electron chi connectivity index (χ0n) is 19.8. The molecule has 0 radical (unpaired) electrons. The van der Waals surface area contributed by atoms with Crippen molar-refractivity contribution in [3.8, 4) is 0 Å². The number of aryl methyl sites for hydroxylation is 1. The van der Waals surface area contributed by atoms with Gasteiger partial charge in [0, 0.05) is 14.1 Å². The van der Waals surface area contributed by atoms with Gasteiger partial charge in [-0.2, -0.15) is 5.10 Å². The number of carbonyl (C=O) groups is 2.